The largest absolute Gasteiger partial charge is 0.392 e. The van der Waals surface area contributed by atoms with Crippen LogP contribution < -0.4 is 5.32 Å². The number of nitrogens with one attached hydrogen (secondary N) is 1. The Hall–Kier alpha value is -0.120. The average molecular weight is 228 g/mol. The summed E-state index contributed by atoms with van der Waals surface area (Å²) in [5.41, 5.74) is 0.215. The maximum Gasteiger partial charge on any atom is 0.0639 e. The number of rotatable bonds is 4. The Morgan fingerprint density at radius 1 is 1.44 bits per heavy atom. The van der Waals surface area contributed by atoms with Crippen molar-refractivity contribution in [1.82, 2.24) is 10.2 Å². The van der Waals surface area contributed by atoms with Crippen molar-refractivity contribution in [3.05, 3.63) is 0 Å². The van der Waals surface area contributed by atoms with Gasteiger partial charge in [-0.15, -0.1) is 0 Å². The molecule has 0 radical (unpaired) electrons. The topological polar surface area (TPSA) is 35.5 Å². The normalized spacial score (nSPS) is 25.7. The van der Waals surface area contributed by atoms with Crippen LogP contribution >= 0.6 is 0 Å². The summed E-state index contributed by atoms with van der Waals surface area (Å²) < 4.78 is 0. The highest BCUT2D eigenvalue weighted by Gasteiger charge is 2.21. The van der Waals surface area contributed by atoms with Crippen LogP contribution in [0.4, 0.5) is 0 Å². The van der Waals surface area contributed by atoms with Crippen LogP contribution in [0.5, 0.6) is 0 Å². The van der Waals surface area contributed by atoms with Crippen LogP contribution in [0, 0.1) is 5.92 Å². The lowest BCUT2D eigenvalue weighted by Gasteiger charge is -2.35. The summed E-state index contributed by atoms with van der Waals surface area (Å²) in [4.78, 5) is 2.39. The lowest BCUT2D eigenvalue weighted by Crippen LogP contribution is -2.45. The molecular weight excluding hydrogens is 200 g/mol. The van der Waals surface area contributed by atoms with Crippen LogP contribution in [0.25, 0.3) is 0 Å². The number of likely N-dealkylation sites (tertiary alicyclic amines) is 1. The van der Waals surface area contributed by atoms with Crippen LogP contribution in [0.1, 0.15) is 40.5 Å². The molecule has 0 amide bonds. The molecule has 2 atom stereocenters. The third-order valence-electron chi connectivity index (χ3n) is 3.05. The van der Waals surface area contributed by atoms with Gasteiger partial charge in [-0.1, -0.05) is 0 Å². The summed E-state index contributed by atoms with van der Waals surface area (Å²) in [5.74, 6) is 0.742. The minimum Gasteiger partial charge on any atom is -0.392 e. The molecule has 1 rings (SSSR count). The van der Waals surface area contributed by atoms with Crippen molar-refractivity contribution >= 4 is 0 Å². The standard InChI is InChI=1S/C13H28N2O/c1-11(16)9-15-7-5-6-12(10-15)8-14-13(2,3)4/h11-12,14,16H,5-10H2,1-4H3. The Balaban J connectivity index is 2.27. The van der Waals surface area contributed by atoms with E-state index in [1.165, 1.54) is 12.8 Å². The Bertz CT molecular complexity index is 199. The van der Waals surface area contributed by atoms with Gasteiger partial charge < -0.3 is 15.3 Å². The van der Waals surface area contributed by atoms with Gasteiger partial charge in [0.15, 0.2) is 0 Å². The summed E-state index contributed by atoms with van der Waals surface area (Å²) >= 11 is 0. The zero-order chi connectivity index (χ0) is 12.2. The van der Waals surface area contributed by atoms with Crippen molar-refractivity contribution in [2.24, 2.45) is 5.92 Å². The molecule has 1 aliphatic heterocycles. The molecule has 0 aromatic rings. The van der Waals surface area contributed by atoms with Gasteiger partial charge in [-0.2, -0.15) is 0 Å². The molecule has 0 aromatic heterocycles. The van der Waals surface area contributed by atoms with Crippen LogP contribution in [0.15, 0.2) is 0 Å². The summed E-state index contributed by atoms with van der Waals surface area (Å²) in [6.07, 6.45) is 2.39. The minimum atomic E-state index is -0.200. The first kappa shape index (κ1) is 13.9. The van der Waals surface area contributed by atoms with Gasteiger partial charge >= 0.3 is 0 Å². The van der Waals surface area contributed by atoms with E-state index < -0.39 is 0 Å². The number of hydrogen-bond donors (Lipinski definition) is 2. The molecule has 0 bridgehead atoms. The lowest BCUT2D eigenvalue weighted by atomic mass is 9.96. The zero-order valence-corrected chi connectivity index (χ0v) is 11.3. The molecule has 1 saturated heterocycles. The number of piperidine rings is 1. The highest BCUT2D eigenvalue weighted by molar-refractivity contribution is 4.79. The van der Waals surface area contributed by atoms with Gasteiger partial charge in [-0.05, 0) is 59.5 Å². The molecule has 0 aliphatic carbocycles. The third kappa shape index (κ3) is 5.83. The summed E-state index contributed by atoms with van der Waals surface area (Å²) in [6, 6.07) is 0. The van der Waals surface area contributed by atoms with Gasteiger partial charge in [0.1, 0.15) is 0 Å². The van der Waals surface area contributed by atoms with Crippen molar-refractivity contribution in [2.45, 2.75) is 52.2 Å². The molecule has 0 spiro atoms. The first-order valence-electron chi connectivity index (χ1n) is 6.52. The van der Waals surface area contributed by atoms with E-state index >= 15 is 0 Å². The van der Waals surface area contributed by atoms with Gasteiger partial charge in [0.25, 0.3) is 0 Å². The van der Waals surface area contributed by atoms with E-state index in [1.54, 1.807) is 0 Å². The molecule has 3 heteroatoms. The number of β-amino-alcohol motifs (C(OH)–C–C–N with tert-alkyl or cyclic N) is 1. The van der Waals surface area contributed by atoms with E-state index in [1.807, 2.05) is 6.92 Å². The first-order chi connectivity index (χ1) is 7.37. The van der Waals surface area contributed by atoms with Crippen LogP contribution in [-0.4, -0.2) is 47.8 Å². The Labute approximate surface area is 100 Å². The quantitative estimate of drug-likeness (QED) is 0.765. The SMILES string of the molecule is CC(O)CN1CCCC(CNC(C)(C)C)C1. The van der Waals surface area contributed by atoms with Crippen molar-refractivity contribution in [3.63, 3.8) is 0 Å². The van der Waals surface area contributed by atoms with Crippen molar-refractivity contribution in [1.29, 1.82) is 0 Å². The van der Waals surface area contributed by atoms with Crippen molar-refractivity contribution in [2.75, 3.05) is 26.2 Å². The van der Waals surface area contributed by atoms with Crippen LogP contribution in [0.2, 0.25) is 0 Å². The molecular formula is C13H28N2O. The Morgan fingerprint density at radius 3 is 2.69 bits per heavy atom. The fourth-order valence-electron chi connectivity index (χ4n) is 2.31. The minimum absolute atomic E-state index is 0.200. The average Bonchev–Trinajstić information content (AvgIpc) is 2.13. The van der Waals surface area contributed by atoms with Crippen molar-refractivity contribution in [3.8, 4) is 0 Å². The summed E-state index contributed by atoms with van der Waals surface area (Å²) in [6.45, 7) is 12.7. The maximum absolute atomic E-state index is 9.39. The number of hydrogen-bond acceptors (Lipinski definition) is 3. The van der Waals surface area contributed by atoms with Gasteiger partial charge in [0.05, 0.1) is 6.10 Å². The van der Waals surface area contributed by atoms with Crippen LogP contribution in [-0.2, 0) is 0 Å². The Morgan fingerprint density at radius 2 is 2.12 bits per heavy atom. The number of nitrogens with zero attached hydrogens (tertiary/aromatic N) is 1. The van der Waals surface area contributed by atoms with E-state index in [9.17, 15) is 5.11 Å². The molecule has 2 N–H and O–H groups in total. The molecule has 0 aromatic carbocycles. The lowest BCUT2D eigenvalue weighted by molar-refractivity contribution is 0.0928. The highest BCUT2D eigenvalue weighted by Crippen LogP contribution is 2.16. The summed E-state index contributed by atoms with van der Waals surface area (Å²) in [7, 11) is 0. The zero-order valence-electron chi connectivity index (χ0n) is 11.3. The fraction of sp³-hybridized carbons (Fsp3) is 1.00. The van der Waals surface area contributed by atoms with Gasteiger partial charge in [0.2, 0.25) is 0 Å². The second-order valence-corrected chi connectivity index (χ2v) is 6.25. The van der Waals surface area contributed by atoms with E-state index in [4.69, 9.17) is 0 Å². The van der Waals surface area contributed by atoms with Crippen molar-refractivity contribution < 1.29 is 5.11 Å². The summed E-state index contributed by atoms with van der Waals surface area (Å²) in [5, 5.41) is 13.0. The van der Waals surface area contributed by atoms with Crippen LogP contribution in [0.3, 0.4) is 0 Å². The first-order valence-corrected chi connectivity index (χ1v) is 6.52. The predicted molar refractivity (Wildman–Crippen MR) is 68.6 cm³/mol. The van der Waals surface area contributed by atoms with Gasteiger partial charge in [0, 0.05) is 18.6 Å². The molecule has 1 fully saturated rings. The third-order valence-corrected chi connectivity index (χ3v) is 3.05. The fourth-order valence-corrected chi connectivity index (χ4v) is 2.31. The molecule has 16 heavy (non-hydrogen) atoms. The van der Waals surface area contributed by atoms with E-state index in [0.29, 0.717) is 0 Å². The smallest absolute Gasteiger partial charge is 0.0639 e. The highest BCUT2D eigenvalue weighted by atomic mass is 16.3. The predicted octanol–water partition coefficient (Wildman–Crippen LogP) is 1.47. The van der Waals surface area contributed by atoms with E-state index in [0.717, 1.165) is 32.1 Å². The number of aliphatic hydroxyl groups is 1. The molecule has 3 nitrogen and oxygen atoms in total. The molecule has 0 saturated carbocycles. The second-order valence-electron chi connectivity index (χ2n) is 6.25. The molecule has 96 valence electrons. The van der Waals surface area contributed by atoms with E-state index in [-0.39, 0.29) is 11.6 Å². The molecule has 1 heterocycles. The van der Waals surface area contributed by atoms with E-state index in [2.05, 4.69) is 31.0 Å². The Kier molecular flexibility index (Phi) is 5.22. The monoisotopic (exact) mass is 228 g/mol. The maximum atomic E-state index is 9.39. The second kappa shape index (κ2) is 5.99. The van der Waals surface area contributed by atoms with Gasteiger partial charge in [-0.25, -0.2) is 0 Å². The van der Waals surface area contributed by atoms with Gasteiger partial charge in [-0.3, -0.25) is 0 Å². The number of aliphatic hydroxyl groups excluding tert-OH is 1. The molecule has 2 unspecified atom stereocenters. The molecule has 1 aliphatic rings.